The highest BCUT2D eigenvalue weighted by molar-refractivity contribution is 5.82. The number of carbonyl (C=O) groups excluding carboxylic acids is 2. The number of allylic oxidation sites excluding steroid dienone is 2. The number of hydrogen-bond donors (Lipinski definition) is 0. The standard InChI is InChI=1S/C20H28N4O2/c1-3-24-18(25)12-17(16-13-21-22(2)14-16)20(24)8-10-23(11-9-20)19(26)15-6-4-5-7-15/h4-5,13-15,17H,3,6-12H2,1-2H3/t17-/m1/s1. The molecular formula is C20H28N4O2. The van der Waals surface area contributed by atoms with Crippen molar-refractivity contribution in [2.24, 2.45) is 13.0 Å². The highest BCUT2D eigenvalue weighted by Gasteiger charge is 2.54. The molecule has 1 aromatic rings. The monoisotopic (exact) mass is 356 g/mol. The van der Waals surface area contributed by atoms with Gasteiger partial charge in [-0.25, -0.2) is 0 Å². The summed E-state index contributed by atoms with van der Waals surface area (Å²) in [7, 11) is 1.92. The van der Waals surface area contributed by atoms with E-state index in [4.69, 9.17) is 0 Å². The number of amides is 2. The molecule has 0 unspecified atom stereocenters. The molecule has 3 heterocycles. The predicted octanol–water partition coefficient (Wildman–Crippen LogP) is 2.08. The van der Waals surface area contributed by atoms with Crippen molar-refractivity contribution in [3.63, 3.8) is 0 Å². The average Bonchev–Trinajstić information content (AvgIpc) is 3.36. The van der Waals surface area contributed by atoms with Gasteiger partial charge in [-0.3, -0.25) is 14.3 Å². The quantitative estimate of drug-likeness (QED) is 0.779. The van der Waals surface area contributed by atoms with Crippen LogP contribution >= 0.6 is 0 Å². The fourth-order valence-corrected chi connectivity index (χ4v) is 5.26. The number of hydrogen-bond acceptors (Lipinski definition) is 3. The number of nitrogens with zero attached hydrogens (tertiary/aromatic N) is 4. The SMILES string of the molecule is CCN1C(=O)C[C@H](c2cnn(C)c2)C12CCN(C(=O)C1CC=CC1)CC2. The lowest BCUT2D eigenvalue weighted by molar-refractivity contribution is -0.139. The van der Waals surface area contributed by atoms with Crippen molar-refractivity contribution in [1.29, 1.82) is 0 Å². The number of aromatic nitrogens is 2. The van der Waals surface area contributed by atoms with E-state index in [-0.39, 0.29) is 29.2 Å². The van der Waals surface area contributed by atoms with Gasteiger partial charge in [0.25, 0.3) is 0 Å². The van der Waals surface area contributed by atoms with Gasteiger partial charge in [-0.15, -0.1) is 0 Å². The molecule has 2 amide bonds. The number of carbonyl (C=O) groups is 2. The molecule has 2 saturated heterocycles. The number of likely N-dealkylation sites (N-methyl/N-ethyl adjacent to an activating group) is 1. The van der Waals surface area contributed by atoms with Crippen LogP contribution in [-0.4, -0.2) is 56.6 Å². The first kappa shape index (κ1) is 17.3. The maximum Gasteiger partial charge on any atom is 0.226 e. The van der Waals surface area contributed by atoms with Crippen LogP contribution in [0.3, 0.4) is 0 Å². The molecule has 0 aromatic carbocycles. The lowest BCUT2D eigenvalue weighted by Crippen LogP contribution is -2.56. The van der Waals surface area contributed by atoms with Gasteiger partial charge in [-0.1, -0.05) is 12.2 Å². The van der Waals surface area contributed by atoms with Crippen LogP contribution in [0, 0.1) is 5.92 Å². The van der Waals surface area contributed by atoms with E-state index < -0.39 is 0 Å². The van der Waals surface area contributed by atoms with Crippen molar-refractivity contribution >= 4 is 11.8 Å². The van der Waals surface area contributed by atoms with E-state index in [2.05, 4.69) is 29.1 Å². The normalized spacial score (nSPS) is 25.6. The second-order valence-corrected chi connectivity index (χ2v) is 7.91. The van der Waals surface area contributed by atoms with Crippen molar-refractivity contribution < 1.29 is 9.59 Å². The highest BCUT2D eigenvalue weighted by atomic mass is 16.2. The molecule has 140 valence electrons. The fraction of sp³-hybridized carbons (Fsp3) is 0.650. The number of rotatable bonds is 3. The molecular weight excluding hydrogens is 328 g/mol. The van der Waals surface area contributed by atoms with Crippen LogP contribution in [0.5, 0.6) is 0 Å². The molecule has 3 aliphatic rings. The number of likely N-dealkylation sites (tertiary alicyclic amines) is 2. The molecule has 0 bridgehead atoms. The number of aryl methyl sites for hydroxylation is 1. The Labute approximate surface area is 154 Å². The van der Waals surface area contributed by atoms with E-state index in [9.17, 15) is 9.59 Å². The third-order valence-corrected chi connectivity index (χ3v) is 6.61. The van der Waals surface area contributed by atoms with E-state index in [0.29, 0.717) is 6.42 Å². The Kier molecular flexibility index (Phi) is 4.37. The van der Waals surface area contributed by atoms with Crippen LogP contribution in [0.1, 0.15) is 50.5 Å². The van der Waals surface area contributed by atoms with E-state index in [1.54, 1.807) is 0 Å². The Balaban J connectivity index is 1.55. The smallest absolute Gasteiger partial charge is 0.226 e. The Morgan fingerprint density at radius 1 is 1.27 bits per heavy atom. The highest BCUT2D eigenvalue weighted by Crippen LogP contribution is 2.48. The van der Waals surface area contributed by atoms with Gasteiger partial charge in [-0.05, 0) is 38.2 Å². The summed E-state index contributed by atoms with van der Waals surface area (Å²) in [5.41, 5.74) is 0.983. The van der Waals surface area contributed by atoms with Gasteiger partial charge >= 0.3 is 0 Å². The van der Waals surface area contributed by atoms with E-state index in [0.717, 1.165) is 50.9 Å². The van der Waals surface area contributed by atoms with Gasteiger partial charge < -0.3 is 9.80 Å². The minimum absolute atomic E-state index is 0.130. The topological polar surface area (TPSA) is 58.4 Å². The molecule has 4 rings (SSSR count). The molecule has 2 fully saturated rings. The van der Waals surface area contributed by atoms with Gasteiger partial charge in [0, 0.05) is 51.1 Å². The number of piperidine rings is 1. The molecule has 0 N–H and O–H groups in total. The van der Waals surface area contributed by atoms with Crippen molar-refractivity contribution in [3.8, 4) is 0 Å². The summed E-state index contributed by atoms with van der Waals surface area (Å²) in [4.78, 5) is 29.6. The van der Waals surface area contributed by atoms with Crippen molar-refractivity contribution in [3.05, 3.63) is 30.1 Å². The summed E-state index contributed by atoms with van der Waals surface area (Å²) in [6.07, 6.45) is 12.2. The van der Waals surface area contributed by atoms with Crippen LogP contribution in [0.15, 0.2) is 24.5 Å². The zero-order chi connectivity index (χ0) is 18.3. The first-order valence-electron chi connectivity index (χ1n) is 9.78. The maximum absolute atomic E-state index is 12.8. The molecule has 26 heavy (non-hydrogen) atoms. The third-order valence-electron chi connectivity index (χ3n) is 6.61. The van der Waals surface area contributed by atoms with Gasteiger partial charge in [0.1, 0.15) is 0 Å². The Bertz CT molecular complexity index is 722. The Hall–Kier alpha value is -2.11. The Morgan fingerprint density at radius 2 is 1.96 bits per heavy atom. The second kappa shape index (κ2) is 6.56. The Morgan fingerprint density at radius 3 is 2.54 bits per heavy atom. The molecule has 2 aliphatic heterocycles. The summed E-state index contributed by atoms with van der Waals surface area (Å²) < 4.78 is 1.81. The molecule has 1 spiro atoms. The van der Waals surface area contributed by atoms with E-state index in [1.165, 1.54) is 0 Å². The van der Waals surface area contributed by atoms with Crippen LogP contribution in [0.2, 0.25) is 0 Å². The first-order valence-corrected chi connectivity index (χ1v) is 9.78. The fourth-order valence-electron chi connectivity index (χ4n) is 5.26. The first-order chi connectivity index (χ1) is 12.5. The van der Waals surface area contributed by atoms with Crippen LogP contribution in [-0.2, 0) is 16.6 Å². The van der Waals surface area contributed by atoms with Crippen LogP contribution in [0.4, 0.5) is 0 Å². The minimum atomic E-state index is -0.167. The largest absolute Gasteiger partial charge is 0.342 e. The summed E-state index contributed by atoms with van der Waals surface area (Å²) >= 11 is 0. The summed E-state index contributed by atoms with van der Waals surface area (Å²) in [6.45, 7) is 4.29. The van der Waals surface area contributed by atoms with Gasteiger partial charge in [0.2, 0.25) is 11.8 Å². The minimum Gasteiger partial charge on any atom is -0.342 e. The zero-order valence-corrected chi connectivity index (χ0v) is 15.7. The van der Waals surface area contributed by atoms with Crippen molar-refractivity contribution in [1.82, 2.24) is 19.6 Å². The van der Waals surface area contributed by atoms with Gasteiger partial charge in [-0.2, -0.15) is 5.10 Å². The van der Waals surface area contributed by atoms with E-state index >= 15 is 0 Å². The summed E-state index contributed by atoms with van der Waals surface area (Å²) in [6, 6.07) is 0. The lowest BCUT2D eigenvalue weighted by atomic mass is 9.74. The maximum atomic E-state index is 12.8. The molecule has 6 nitrogen and oxygen atoms in total. The summed E-state index contributed by atoms with van der Waals surface area (Å²) in [5.74, 6) is 0.830. The van der Waals surface area contributed by atoms with Crippen molar-refractivity contribution in [2.75, 3.05) is 19.6 Å². The van der Waals surface area contributed by atoms with Crippen molar-refractivity contribution in [2.45, 2.75) is 50.5 Å². The molecule has 6 heteroatoms. The molecule has 1 aliphatic carbocycles. The lowest BCUT2D eigenvalue weighted by Gasteiger charge is -2.48. The molecule has 1 aromatic heterocycles. The molecule has 1 atom stereocenters. The van der Waals surface area contributed by atoms with E-state index in [1.807, 2.05) is 29.0 Å². The van der Waals surface area contributed by atoms with Crippen LogP contribution < -0.4 is 0 Å². The average molecular weight is 356 g/mol. The van der Waals surface area contributed by atoms with Crippen LogP contribution in [0.25, 0.3) is 0 Å². The molecule has 0 saturated carbocycles. The predicted molar refractivity (Wildman–Crippen MR) is 98.4 cm³/mol. The van der Waals surface area contributed by atoms with Gasteiger partial charge in [0.15, 0.2) is 0 Å². The zero-order valence-electron chi connectivity index (χ0n) is 15.7. The second-order valence-electron chi connectivity index (χ2n) is 7.91. The summed E-state index contributed by atoms with van der Waals surface area (Å²) in [5, 5.41) is 4.33. The third kappa shape index (κ3) is 2.66. The molecule has 0 radical (unpaired) electrons. The van der Waals surface area contributed by atoms with Gasteiger partial charge in [0.05, 0.1) is 11.7 Å².